The first-order valence-electron chi connectivity index (χ1n) is 3.70. The van der Waals surface area contributed by atoms with E-state index in [1.807, 2.05) is 0 Å². The third-order valence-corrected chi connectivity index (χ3v) is 2.01. The lowest BCUT2D eigenvalue weighted by Crippen LogP contribution is -2.07. The number of pyridine rings is 1. The molecule has 0 aromatic carbocycles. The highest BCUT2D eigenvalue weighted by atomic mass is 35.5. The summed E-state index contributed by atoms with van der Waals surface area (Å²) >= 11 is 10.6. The summed E-state index contributed by atoms with van der Waals surface area (Å²) in [5.74, 6) is 0. The summed E-state index contributed by atoms with van der Waals surface area (Å²) in [5, 5.41) is -0.956. The van der Waals surface area contributed by atoms with Gasteiger partial charge >= 0.3 is 6.18 Å². The van der Waals surface area contributed by atoms with Crippen molar-refractivity contribution in [3.63, 3.8) is 0 Å². The smallest absolute Gasteiger partial charge is 0.281 e. The van der Waals surface area contributed by atoms with Crippen LogP contribution in [-0.2, 0) is 17.4 Å². The average molecular weight is 258 g/mol. The van der Waals surface area contributed by atoms with E-state index in [0.717, 1.165) is 0 Å². The van der Waals surface area contributed by atoms with Gasteiger partial charge in [-0.2, -0.15) is 13.2 Å². The zero-order chi connectivity index (χ0) is 11.6. The third kappa shape index (κ3) is 3.35. The van der Waals surface area contributed by atoms with Crippen molar-refractivity contribution in [1.82, 2.24) is 4.98 Å². The molecular formula is C8H4Cl2F3NO. The Hall–Kier alpha value is -0.810. The van der Waals surface area contributed by atoms with Crippen molar-refractivity contribution >= 4 is 28.4 Å². The van der Waals surface area contributed by atoms with E-state index in [-0.39, 0.29) is 17.1 Å². The number of halogens is 5. The van der Waals surface area contributed by atoms with Crippen molar-refractivity contribution in [3.05, 3.63) is 28.5 Å². The van der Waals surface area contributed by atoms with Gasteiger partial charge in [-0.3, -0.25) is 9.78 Å². The third-order valence-electron chi connectivity index (χ3n) is 1.55. The second-order valence-corrected chi connectivity index (χ2v) is 3.51. The van der Waals surface area contributed by atoms with Crippen LogP contribution < -0.4 is 0 Å². The van der Waals surface area contributed by atoms with Crippen LogP contribution in [0.15, 0.2) is 12.3 Å². The Balaban J connectivity index is 3.03. The molecule has 0 radical (unpaired) electrons. The van der Waals surface area contributed by atoms with Crippen molar-refractivity contribution in [2.75, 3.05) is 0 Å². The van der Waals surface area contributed by atoms with Crippen LogP contribution in [0.5, 0.6) is 0 Å². The summed E-state index contributed by atoms with van der Waals surface area (Å²) in [4.78, 5) is 13.9. The second-order valence-electron chi connectivity index (χ2n) is 2.68. The van der Waals surface area contributed by atoms with Crippen molar-refractivity contribution in [3.8, 4) is 0 Å². The number of alkyl halides is 3. The molecule has 82 valence electrons. The molecule has 0 amide bonds. The van der Waals surface area contributed by atoms with Gasteiger partial charge in [0.15, 0.2) is 0 Å². The topological polar surface area (TPSA) is 30.0 Å². The lowest BCUT2D eigenvalue weighted by Gasteiger charge is -2.07. The number of hydrogen-bond acceptors (Lipinski definition) is 2. The predicted molar refractivity (Wildman–Crippen MR) is 48.8 cm³/mol. The van der Waals surface area contributed by atoms with E-state index in [0.29, 0.717) is 12.3 Å². The van der Waals surface area contributed by atoms with Gasteiger partial charge in [0, 0.05) is 6.20 Å². The molecule has 0 saturated carbocycles. The number of carbonyl (C=O) groups is 1. The molecule has 1 heterocycles. The number of nitrogens with zero attached hydrogens (tertiary/aromatic N) is 1. The van der Waals surface area contributed by atoms with Gasteiger partial charge in [-0.15, -0.1) is 0 Å². The first-order chi connectivity index (χ1) is 6.80. The maximum Gasteiger partial charge on any atom is 0.417 e. The zero-order valence-corrected chi connectivity index (χ0v) is 8.62. The molecule has 0 bridgehead atoms. The fraction of sp³-hybridized carbons (Fsp3) is 0.250. The first kappa shape index (κ1) is 12.3. The number of rotatable bonds is 2. The quantitative estimate of drug-likeness (QED) is 0.763. The second kappa shape index (κ2) is 4.37. The van der Waals surface area contributed by atoms with Gasteiger partial charge in [-0.25, -0.2) is 0 Å². The Morgan fingerprint density at radius 1 is 1.47 bits per heavy atom. The van der Waals surface area contributed by atoms with Crippen molar-refractivity contribution < 1.29 is 18.0 Å². The summed E-state index contributed by atoms with van der Waals surface area (Å²) < 4.78 is 36.5. The van der Waals surface area contributed by atoms with Crippen LogP contribution in [0, 0.1) is 0 Å². The maximum absolute atomic E-state index is 12.2. The van der Waals surface area contributed by atoms with Crippen LogP contribution in [-0.4, -0.2) is 10.2 Å². The molecular weight excluding hydrogens is 254 g/mol. The van der Waals surface area contributed by atoms with Gasteiger partial charge < -0.3 is 0 Å². The molecule has 0 fully saturated rings. The molecule has 1 rings (SSSR count). The summed E-state index contributed by atoms with van der Waals surface area (Å²) in [6, 6.07) is 0.712. The molecule has 0 aliphatic rings. The molecule has 0 N–H and O–H groups in total. The monoisotopic (exact) mass is 257 g/mol. The van der Waals surface area contributed by atoms with E-state index in [4.69, 9.17) is 23.2 Å². The van der Waals surface area contributed by atoms with Crippen LogP contribution in [0.2, 0.25) is 5.02 Å². The van der Waals surface area contributed by atoms with E-state index < -0.39 is 17.0 Å². The minimum atomic E-state index is -4.50. The fourth-order valence-corrected chi connectivity index (χ4v) is 1.24. The van der Waals surface area contributed by atoms with E-state index in [9.17, 15) is 18.0 Å². The molecule has 7 heteroatoms. The first-order valence-corrected chi connectivity index (χ1v) is 4.46. The molecule has 1 aromatic rings. The Morgan fingerprint density at radius 2 is 2.07 bits per heavy atom. The standard InChI is InChI=1S/C8H4Cl2F3NO/c9-5-1-4(8(11,12)13)3-14-6(5)2-7(10)15/h1,3H,2H2. The summed E-state index contributed by atoms with van der Waals surface area (Å²) in [6.07, 6.45) is -4.18. The molecule has 0 atom stereocenters. The lowest BCUT2D eigenvalue weighted by molar-refractivity contribution is -0.137. The Labute approximate surface area is 93.0 Å². The molecule has 1 aromatic heterocycles. The van der Waals surface area contributed by atoms with E-state index in [1.54, 1.807) is 0 Å². The lowest BCUT2D eigenvalue weighted by atomic mass is 10.2. The normalized spacial score (nSPS) is 11.5. The number of carbonyl (C=O) groups excluding carboxylic acids is 1. The Kier molecular flexibility index (Phi) is 3.57. The average Bonchev–Trinajstić information content (AvgIpc) is 2.05. The van der Waals surface area contributed by atoms with E-state index in [1.165, 1.54) is 0 Å². The minimum Gasteiger partial charge on any atom is -0.281 e. The van der Waals surface area contributed by atoms with E-state index in [2.05, 4.69) is 4.98 Å². The predicted octanol–water partition coefficient (Wildman–Crippen LogP) is 3.06. The molecule has 2 nitrogen and oxygen atoms in total. The van der Waals surface area contributed by atoms with E-state index >= 15 is 0 Å². The molecule has 0 aliphatic carbocycles. The Bertz CT molecular complexity index is 392. The van der Waals surface area contributed by atoms with Crippen LogP contribution in [0.1, 0.15) is 11.3 Å². The maximum atomic E-state index is 12.2. The van der Waals surface area contributed by atoms with Crippen LogP contribution in [0.4, 0.5) is 13.2 Å². The van der Waals surface area contributed by atoms with Crippen LogP contribution >= 0.6 is 23.2 Å². The molecule has 15 heavy (non-hydrogen) atoms. The van der Waals surface area contributed by atoms with Gasteiger partial charge in [-0.05, 0) is 17.7 Å². The van der Waals surface area contributed by atoms with Crippen molar-refractivity contribution in [2.45, 2.75) is 12.6 Å². The summed E-state index contributed by atoms with van der Waals surface area (Å²) in [6.45, 7) is 0. The largest absolute Gasteiger partial charge is 0.417 e. The minimum absolute atomic E-state index is 0.0321. The van der Waals surface area contributed by atoms with Crippen LogP contribution in [0.3, 0.4) is 0 Å². The van der Waals surface area contributed by atoms with Gasteiger partial charge in [0.1, 0.15) is 0 Å². The van der Waals surface area contributed by atoms with Crippen molar-refractivity contribution in [1.29, 1.82) is 0 Å². The Morgan fingerprint density at radius 3 is 2.47 bits per heavy atom. The molecule has 0 unspecified atom stereocenters. The highest BCUT2D eigenvalue weighted by Crippen LogP contribution is 2.31. The molecule has 0 saturated heterocycles. The zero-order valence-electron chi connectivity index (χ0n) is 7.11. The molecule has 0 spiro atoms. The number of aromatic nitrogens is 1. The van der Waals surface area contributed by atoms with Gasteiger partial charge in [0.2, 0.25) is 5.24 Å². The number of hydrogen-bond donors (Lipinski definition) is 0. The summed E-state index contributed by atoms with van der Waals surface area (Å²) in [7, 11) is 0. The van der Waals surface area contributed by atoms with Crippen LogP contribution in [0.25, 0.3) is 0 Å². The fourth-order valence-electron chi connectivity index (χ4n) is 0.883. The molecule has 0 aliphatic heterocycles. The van der Waals surface area contributed by atoms with Gasteiger partial charge in [0.05, 0.1) is 22.7 Å². The SMILES string of the molecule is O=C(Cl)Cc1ncc(C(F)(F)F)cc1Cl. The highest BCUT2D eigenvalue weighted by Gasteiger charge is 2.31. The van der Waals surface area contributed by atoms with Gasteiger partial charge in [0.25, 0.3) is 0 Å². The summed E-state index contributed by atoms with van der Waals surface area (Å²) in [5.41, 5.74) is -0.928. The van der Waals surface area contributed by atoms with Gasteiger partial charge in [-0.1, -0.05) is 11.6 Å². The van der Waals surface area contributed by atoms with Crippen molar-refractivity contribution in [2.24, 2.45) is 0 Å². The highest BCUT2D eigenvalue weighted by molar-refractivity contribution is 6.63.